The van der Waals surface area contributed by atoms with Crippen molar-refractivity contribution in [3.8, 4) is 0 Å². The fourth-order valence-electron chi connectivity index (χ4n) is 4.12. The lowest BCUT2D eigenvalue weighted by Crippen LogP contribution is -2.35. The second-order valence-corrected chi connectivity index (χ2v) is 9.75. The van der Waals surface area contributed by atoms with Crippen LogP contribution >= 0.6 is 23.1 Å². The van der Waals surface area contributed by atoms with Crippen molar-refractivity contribution in [1.29, 1.82) is 0 Å². The lowest BCUT2D eigenvalue weighted by molar-refractivity contribution is 0.0767. The van der Waals surface area contributed by atoms with E-state index in [1.807, 2.05) is 41.3 Å². The lowest BCUT2D eigenvalue weighted by Gasteiger charge is -2.21. The molecular weight excluding hydrogens is 452 g/mol. The van der Waals surface area contributed by atoms with Gasteiger partial charge in [-0.3, -0.25) is 4.79 Å². The maximum atomic E-state index is 13.1. The third-order valence-corrected chi connectivity index (χ3v) is 7.12. The lowest BCUT2D eigenvalue weighted by atomic mass is 10.0. The van der Waals surface area contributed by atoms with Gasteiger partial charge in [0.2, 0.25) is 5.13 Å². The molecule has 0 atom stereocenters. The van der Waals surface area contributed by atoms with Gasteiger partial charge in [-0.05, 0) is 54.7 Å². The molecule has 1 aliphatic heterocycles. The summed E-state index contributed by atoms with van der Waals surface area (Å²) in [4.78, 5) is 22.1. The Kier molecular flexibility index (Phi) is 8.35. The molecule has 0 N–H and O–H groups in total. The highest BCUT2D eigenvalue weighted by Crippen LogP contribution is 2.22. The first kappa shape index (κ1) is 23.7. The fraction of sp³-hybridized carbons (Fsp3) is 0.423. The molecule has 0 aliphatic carbocycles. The van der Waals surface area contributed by atoms with Crippen molar-refractivity contribution in [3.05, 3.63) is 76.1 Å². The van der Waals surface area contributed by atoms with Gasteiger partial charge in [-0.25, -0.2) is 4.98 Å². The van der Waals surface area contributed by atoms with Crippen molar-refractivity contribution in [1.82, 2.24) is 14.3 Å². The molecule has 5 nitrogen and oxygen atoms in total. The summed E-state index contributed by atoms with van der Waals surface area (Å²) in [7, 11) is 0. The molecule has 1 aromatic heterocycles. The number of rotatable bonds is 8. The molecule has 2 heterocycles. The summed E-state index contributed by atoms with van der Waals surface area (Å²) in [6, 6.07) is 16.0. The van der Waals surface area contributed by atoms with Crippen LogP contribution in [0, 0.1) is 0 Å². The standard InChI is InChI=1S/C26H31ClN4OS/c1-2-3-4-6-20-7-11-22(12-8-20)25(32)30-15-5-16-31(18-17-30)26-28-24(29-33-26)19-21-9-13-23(27)14-10-21/h7-14H,2-6,15-19H2,1H3. The van der Waals surface area contributed by atoms with Crippen LogP contribution in [0.5, 0.6) is 0 Å². The van der Waals surface area contributed by atoms with Crippen molar-refractivity contribution in [2.75, 3.05) is 31.1 Å². The Morgan fingerprint density at radius 2 is 1.73 bits per heavy atom. The first-order valence-electron chi connectivity index (χ1n) is 11.8. The summed E-state index contributed by atoms with van der Waals surface area (Å²) in [6.07, 6.45) is 6.39. The second-order valence-electron chi connectivity index (χ2n) is 8.58. The van der Waals surface area contributed by atoms with Gasteiger partial charge in [0.15, 0.2) is 0 Å². The smallest absolute Gasteiger partial charge is 0.253 e. The number of aryl methyl sites for hydroxylation is 1. The number of carbonyl (C=O) groups excluding carboxylic acids is 1. The molecule has 0 unspecified atom stereocenters. The SMILES string of the molecule is CCCCCc1ccc(C(=O)N2CCCN(c3nc(Cc4ccc(Cl)cc4)ns3)CC2)cc1. The monoisotopic (exact) mass is 482 g/mol. The predicted molar refractivity (Wildman–Crippen MR) is 137 cm³/mol. The highest BCUT2D eigenvalue weighted by molar-refractivity contribution is 7.09. The van der Waals surface area contributed by atoms with Crippen molar-refractivity contribution in [2.24, 2.45) is 0 Å². The fourth-order valence-corrected chi connectivity index (χ4v) is 4.98. The zero-order chi connectivity index (χ0) is 23.0. The molecule has 33 heavy (non-hydrogen) atoms. The van der Waals surface area contributed by atoms with Crippen molar-refractivity contribution in [3.63, 3.8) is 0 Å². The molecule has 0 spiro atoms. The van der Waals surface area contributed by atoms with E-state index in [2.05, 4.69) is 28.3 Å². The Morgan fingerprint density at radius 1 is 0.970 bits per heavy atom. The number of benzene rings is 2. The van der Waals surface area contributed by atoms with Crippen LogP contribution in [0.25, 0.3) is 0 Å². The minimum atomic E-state index is 0.123. The normalized spacial score (nSPS) is 14.4. The number of aromatic nitrogens is 2. The Bertz CT molecular complexity index is 1040. The van der Waals surface area contributed by atoms with Gasteiger partial charge in [-0.1, -0.05) is 55.6 Å². The van der Waals surface area contributed by atoms with E-state index in [-0.39, 0.29) is 5.91 Å². The average molecular weight is 483 g/mol. The van der Waals surface area contributed by atoms with Crippen LogP contribution in [0.15, 0.2) is 48.5 Å². The van der Waals surface area contributed by atoms with E-state index in [4.69, 9.17) is 16.6 Å². The zero-order valence-corrected chi connectivity index (χ0v) is 20.7. The molecule has 2 aromatic carbocycles. The minimum absolute atomic E-state index is 0.123. The molecule has 3 aromatic rings. The first-order chi connectivity index (χ1) is 16.1. The van der Waals surface area contributed by atoms with Crippen molar-refractivity contribution < 1.29 is 4.79 Å². The van der Waals surface area contributed by atoms with Crippen LogP contribution in [0.2, 0.25) is 5.02 Å². The van der Waals surface area contributed by atoms with Crippen LogP contribution in [-0.4, -0.2) is 46.3 Å². The van der Waals surface area contributed by atoms with Crippen LogP contribution in [0.1, 0.15) is 59.9 Å². The topological polar surface area (TPSA) is 49.3 Å². The molecule has 1 aliphatic rings. The van der Waals surface area contributed by atoms with E-state index in [1.165, 1.54) is 36.4 Å². The summed E-state index contributed by atoms with van der Waals surface area (Å²) in [6.45, 7) is 5.34. The summed E-state index contributed by atoms with van der Waals surface area (Å²) in [5.41, 5.74) is 3.24. The summed E-state index contributed by atoms with van der Waals surface area (Å²) >= 11 is 7.41. The molecule has 1 amide bonds. The number of halogens is 1. The Hall–Kier alpha value is -2.44. The van der Waals surface area contributed by atoms with E-state index in [9.17, 15) is 4.79 Å². The molecule has 1 saturated heterocycles. The maximum Gasteiger partial charge on any atom is 0.253 e. The van der Waals surface area contributed by atoms with E-state index in [0.717, 1.165) is 59.6 Å². The molecule has 0 radical (unpaired) electrons. The van der Waals surface area contributed by atoms with Gasteiger partial charge in [0.25, 0.3) is 5.91 Å². The van der Waals surface area contributed by atoms with E-state index in [0.29, 0.717) is 13.0 Å². The number of hydrogen-bond donors (Lipinski definition) is 0. The molecule has 0 saturated carbocycles. The third kappa shape index (κ3) is 6.55. The van der Waals surface area contributed by atoms with Gasteiger partial charge in [-0.15, -0.1) is 0 Å². The zero-order valence-electron chi connectivity index (χ0n) is 19.2. The van der Waals surface area contributed by atoms with Gasteiger partial charge in [0, 0.05) is 54.7 Å². The molecule has 174 valence electrons. The number of hydrogen-bond acceptors (Lipinski definition) is 5. The van der Waals surface area contributed by atoms with E-state index < -0.39 is 0 Å². The van der Waals surface area contributed by atoms with Gasteiger partial charge in [0.05, 0.1) is 0 Å². The molecule has 4 rings (SSSR count). The van der Waals surface area contributed by atoms with Gasteiger partial charge >= 0.3 is 0 Å². The van der Waals surface area contributed by atoms with E-state index in [1.54, 1.807) is 0 Å². The van der Waals surface area contributed by atoms with Crippen LogP contribution in [0.4, 0.5) is 5.13 Å². The minimum Gasteiger partial charge on any atom is -0.345 e. The van der Waals surface area contributed by atoms with E-state index >= 15 is 0 Å². The number of amides is 1. The summed E-state index contributed by atoms with van der Waals surface area (Å²) < 4.78 is 4.55. The van der Waals surface area contributed by atoms with Crippen LogP contribution < -0.4 is 4.90 Å². The Morgan fingerprint density at radius 3 is 2.48 bits per heavy atom. The van der Waals surface area contributed by atoms with Crippen LogP contribution in [-0.2, 0) is 12.8 Å². The highest BCUT2D eigenvalue weighted by atomic mass is 35.5. The third-order valence-electron chi connectivity index (χ3n) is 6.06. The number of carbonyl (C=O) groups is 1. The molecule has 7 heteroatoms. The summed E-state index contributed by atoms with van der Waals surface area (Å²) in [5.74, 6) is 0.950. The highest BCUT2D eigenvalue weighted by Gasteiger charge is 2.22. The number of unbranched alkanes of at least 4 members (excludes halogenated alkanes) is 2. The maximum absolute atomic E-state index is 13.1. The molecular formula is C26H31ClN4OS. The second kappa shape index (κ2) is 11.6. The van der Waals surface area contributed by atoms with Gasteiger partial charge < -0.3 is 9.80 Å². The van der Waals surface area contributed by atoms with Gasteiger partial charge in [-0.2, -0.15) is 4.37 Å². The quantitative estimate of drug-likeness (QED) is 0.377. The van der Waals surface area contributed by atoms with Crippen molar-refractivity contribution >= 4 is 34.2 Å². The first-order valence-corrected chi connectivity index (χ1v) is 13.0. The van der Waals surface area contributed by atoms with Crippen molar-refractivity contribution in [2.45, 2.75) is 45.4 Å². The number of nitrogens with zero attached hydrogens (tertiary/aromatic N) is 4. The Balaban J connectivity index is 1.32. The van der Waals surface area contributed by atoms with Gasteiger partial charge in [0.1, 0.15) is 5.82 Å². The largest absolute Gasteiger partial charge is 0.345 e. The average Bonchev–Trinajstić information content (AvgIpc) is 3.15. The molecule has 1 fully saturated rings. The summed E-state index contributed by atoms with van der Waals surface area (Å²) in [5, 5.41) is 1.67. The number of anilines is 1. The predicted octanol–water partition coefficient (Wildman–Crippen LogP) is 5.87. The Labute approximate surface area is 205 Å². The van der Waals surface area contributed by atoms with Crippen LogP contribution in [0.3, 0.4) is 0 Å². The molecule has 0 bridgehead atoms.